The van der Waals surface area contributed by atoms with Gasteiger partial charge in [0, 0.05) is 12.0 Å². The van der Waals surface area contributed by atoms with Crippen LogP contribution in [0.15, 0.2) is 0 Å². The van der Waals surface area contributed by atoms with E-state index in [9.17, 15) is 9.90 Å². The van der Waals surface area contributed by atoms with E-state index < -0.39 is 0 Å². The topological polar surface area (TPSA) is 81.1 Å². The summed E-state index contributed by atoms with van der Waals surface area (Å²) in [5, 5.41) is 13.2. The van der Waals surface area contributed by atoms with Crippen LogP contribution < -0.4 is 5.73 Å². The van der Waals surface area contributed by atoms with Gasteiger partial charge in [-0.1, -0.05) is 0 Å². The Morgan fingerprint density at radius 2 is 2.46 bits per heavy atom. The quantitative estimate of drug-likeness (QED) is 0.564. The molecule has 0 bridgehead atoms. The first-order valence-corrected chi connectivity index (χ1v) is 4.21. The third kappa shape index (κ3) is 1.21. The zero-order valence-electron chi connectivity index (χ0n) is 7.10. The number of aromatic nitrogens is 2. The fourth-order valence-electron chi connectivity index (χ4n) is 1.74. The molecule has 0 amide bonds. The lowest BCUT2D eigenvalue weighted by atomic mass is 9.95. The second-order valence-corrected chi connectivity index (χ2v) is 3.26. The molecular weight excluding hydrogens is 170 g/mol. The van der Waals surface area contributed by atoms with Gasteiger partial charge < -0.3 is 10.8 Å². The molecule has 0 radical (unpaired) electrons. The normalized spacial score (nSPS) is 21.2. The second kappa shape index (κ2) is 2.85. The Bertz CT molecular complexity index is 345. The van der Waals surface area contributed by atoms with Crippen molar-refractivity contribution >= 4 is 12.2 Å². The third-order valence-corrected chi connectivity index (χ3v) is 2.40. The molecule has 1 aromatic rings. The highest BCUT2D eigenvalue weighted by atomic mass is 16.3. The fraction of sp³-hybridized carbons (Fsp3) is 0.500. The molecule has 1 aliphatic carbocycles. The van der Waals surface area contributed by atoms with E-state index in [4.69, 9.17) is 5.73 Å². The van der Waals surface area contributed by atoms with Crippen LogP contribution in [0, 0.1) is 0 Å². The van der Waals surface area contributed by atoms with Crippen LogP contribution in [0.5, 0.6) is 0 Å². The van der Waals surface area contributed by atoms with E-state index in [1.54, 1.807) is 0 Å². The summed E-state index contributed by atoms with van der Waals surface area (Å²) in [6.07, 6.45) is 2.15. The van der Waals surface area contributed by atoms with Gasteiger partial charge in [0.25, 0.3) is 0 Å². The molecule has 0 spiro atoms. The number of hydrogen-bond donors (Lipinski definition) is 2. The number of carbonyl (C=O) groups excluding carboxylic acids is 1. The minimum Gasteiger partial charge on any atom is -0.393 e. The highest BCUT2D eigenvalue weighted by Gasteiger charge is 2.23. The number of carbonyl (C=O) groups is 1. The minimum absolute atomic E-state index is 0.348. The Balaban J connectivity index is 2.47. The van der Waals surface area contributed by atoms with Gasteiger partial charge in [-0.05, 0) is 12.8 Å². The average molecular weight is 181 g/mol. The molecule has 1 heterocycles. The van der Waals surface area contributed by atoms with Gasteiger partial charge in [-0.2, -0.15) is 0 Å². The SMILES string of the molecule is Nc1nn(C=O)c2c1C[C@H](O)CC2. The lowest BCUT2D eigenvalue weighted by molar-refractivity contribution is 0.158. The Morgan fingerprint density at radius 1 is 1.69 bits per heavy atom. The van der Waals surface area contributed by atoms with Gasteiger partial charge in [0.1, 0.15) is 5.82 Å². The van der Waals surface area contributed by atoms with Crippen LogP contribution in [0.4, 0.5) is 5.82 Å². The van der Waals surface area contributed by atoms with Gasteiger partial charge in [-0.15, -0.1) is 5.10 Å². The highest BCUT2D eigenvalue weighted by Crippen LogP contribution is 2.25. The van der Waals surface area contributed by atoms with Crippen molar-refractivity contribution in [1.82, 2.24) is 9.78 Å². The molecule has 5 nitrogen and oxygen atoms in total. The predicted molar refractivity (Wildman–Crippen MR) is 46.8 cm³/mol. The minimum atomic E-state index is -0.348. The van der Waals surface area contributed by atoms with Crippen molar-refractivity contribution in [2.45, 2.75) is 25.4 Å². The summed E-state index contributed by atoms with van der Waals surface area (Å²) in [6, 6.07) is 0. The zero-order valence-corrected chi connectivity index (χ0v) is 7.10. The Hall–Kier alpha value is -1.36. The van der Waals surface area contributed by atoms with Gasteiger partial charge >= 0.3 is 0 Å². The number of nitrogens with zero attached hydrogens (tertiary/aromatic N) is 2. The summed E-state index contributed by atoms with van der Waals surface area (Å²) in [4.78, 5) is 10.6. The van der Waals surface area contributed by atoms with E-state index in [0.717, 1.165) is 11.3 Å². The highest BCUT2D eigenvalue weighted by molar-refractivity contribution is 5.58. The zero-order chi connectivity index (χ0) is 9.42. The summed E-state index contributed by atoms with van der Waals surface area (Å²) in [7, 11) is 0. The summed E-state index contributed by atoms with van der Waals surface area (Å²) in [6.45, 7) is 0. The van der Waals surface area contributed by atoms with E-state index >= 15 is 0 Å². The molecule has 1 aliphatic rings. The van der Waals surface area contributed by atoms with Crippen molar-refractivity contribution < 1.29 is 9.90 Å². The van der Waals surface area contributed by atoms with Crippen LogP contribution in [-0.2, 0) is 17.6 Å². The van der Waals surface area contributed by atoms with Gasteiger partial charge in [0.05, 0.1) is 11.8 Å². The second-order valence-electron chi connectivity index (χ2n) is 3.26. The number of fused-ring (bicyclic) bond motifs is 1. The summed E-state index contributed by atoms with van der Waals surface area (Å²) < 4.78 is 1.26. The van der Waals surface area contributed by atoms with Gasteiger partial charge in [-0.3, -0.25) is 4.79 Å². The predicted octanol–water partition coefficient (Wildman–Crippen LogP) is -0.647. The first-order valence-electron chi connectivity index (χ1n) is 4.21. The summed E-state index contributed by atoms with van der Waals surface area (Å²) in [5.41, 5.74) is 7.27. The largest absolute Gasteiger partial charge is 0.393 e. The van der Waals surface area contributed by atoms with Crippen molar-refractivity contribution in [3.8, 4) is 0 Å². The molecule has 0 aliphatic heterocycles. The van der Waals surface area contributed by atoms with Crippen LogP contribution in [0.1, 0.15) is 17.7 Å². The number of aliphatic hydroxyl groups excluding tert-OH is 1. The molecule has 5 heteroatoms. The number of anilines is 1. The van der Waals surface area contributed by atoms with Crippen molar-refractivity contribution in [3.05, 3.63) is 11.3 Å². The Labute approximate surface area is 75.2 Å². The summed E-state index contributed by atoms with van der Waals surface area (Å²) >= 11 is 0. The number of nitrogen functional groups attached to an aromatic ring is 1. The molecule has 70 valence electrons. The molecule has 0 saturated heterocycles. The van der Waals surface area contributed by atoms with Gasteiger partial charge in [0.2, 0.25) is 6.41 Å². The first kappa shape index (κ1) is 8.25. The number of rotatable bonds is 1. The molecule has 0 aromatic carbocycles. The van der Waals surface area contributed by atoms with Gasteiger partial charge in [0.15, 0.2) is 0 Å². The van der Waals surface area contributed by atoms with E-state index in [1.807, 2.05) is 0 Å². The van der Waals surface area contributed by atoms with Crippen LogP contribution in [0.2, 0.25) is 0 Å². The third-order valence-electron chi connectivity index (χ3n) is 2.40. The molecule has 1 atom stereocenters. The number of hydrogen-bond acceptors (Lipinski definition) is 4. The number of aliphatic hydroxyl groups is 1. The van der Waals surface area contributed by atoms with Crippen molar-refractivity contribution in [2.75, 3.05) is 5.73 Å². The van der Waals surface area contributed by atoms with Crippen LogP contribution in [-0.4, -0.2) is 27.4 Å². The maximum atomic E-state index is 10.6. The van der Waals surface area contributed by atoms with Crippen molar-refractivity contribution in [2.24, 2.45) is 0 Å². The van der Waals surface area contributed by atoms with Crippen LogP contribution in [0.25, 0.3) is 0 Å². The van der Waals surface area contributed by atoms with Crippen LogP contribution >= 0.6 is 0 Å². The monoisotopic (exact) mass is 181 g/mol. The molecule has 13 heavy (non-hydrogen) atoms. The molecule has 0 unspecified atom stereocenters. The standard InChI is InChI=1S/C8H11N3O2/c9-8-6-3-5(13)1-2-7(6)11(4-12)10-8/h4-5,13H,1-3H2,(H2,9,10)/t5-/m1/s1. The number of nitrogens with two attached hydrogens (primary N) is 1. The van der Waals surface area contributed by atoms with Crippen molar-refractivity contribution in [1.29, 1.82) is 0 Å². The van der Waals surface area contributed by atoms with E-state index in [2.05, 4.69) is 5.10 Å². The molecule has 0 saturated carbocycles. The van der Waals surface area contributed by atoms with Crippen molar-refractivity contribution in [3.63, 3.8) is 0 Å². The first-order chi connectivity index (χ1) is 6.22. The van der Waals surface area contributed by atoms with E-state index in [1.165, 1.54) is 4.68 Å². The summed E-state index contributed by atoms with van der Waals surface area (Å²) in [5.74, 6) is 0.362. The maximum absolute atomic E-state index is 10.6. The lowest BCUT2D eigenvalue weighted by Gasteiger charge is -2.17. The Morgan fingerprint density at radius 3 is 3.15 bits per heavy atom. The molecule has 2 rings (SSSR count). The fourth-order valence-corrected chi connectivity index (χ4v) is 1.74. The van der Waals surface area contributed by atoms with Crippen LogP contribution in [0.3, 0.4) is 0 Å². The van der Waals surface area contributed by atoms with Gasteiger partial charge in [-0.25, -0.2) is 4.68 Å². The lowest BCUT2D eigenvalue weighted by Crippen LogP contribution is -2.20. The molecule has 0 fully saturated rings. The average Bonchev–Trinajstić information content (AvgIpc) is 2.43. The van der Waals surface area contributed by atoms with E-state index in [-0.39, 0.29) is 6.10 Å². The Kier molecular flexibility index (Phi) is 1.81. The molecule has 1 aromatic heterocycles. The molecular formula is C8H11N3O2. The van der Waals surface area contributed by atoms with E-state index in [0.29, 0.717) is 31.5 Å². The maximum Gasteiger partial charge on any atom is 0.234 e. The molecule has 3 N–H and O–H groups in total. The smallest absolute Gasteiger partial charge is 0.234 e.